The second-order valence-electron chi connectivity index (χ2n) is 8.03. The van der Waals surface area contributed by atoms with E-state index in [4.69, 9.17) is 4.74 Å². The van der Waals surface area contributed by atoms with Crippen molar-refractivity contribution in [2.24, 2.45) is 5.10 Å². The van der Waals surface area contributed by atoms with E-state index in [1.165, 1.54) is 11.3 Å². The molecule has 2 aliphatic rings. The third-order valence-corrected chi connectivity index (χ3v) is 8.78. The number of hydrazone groups is 1. The first-order valence-electron chi connectivity index (χ1n) is 10.7. The van der Waals surface area contributed by atoms with Crippen LogP contribution in [0.1, 0.15) is 31.2 Å². The third-order valence-electron chi connectivity index (χ3n) is 5.62. The van der Waals surface area contributed by atoms with Crippen LogP contribution in [-0.4, -0.2) is 60.5 Å². The number of benzene rings is 1. The van der Waals surface area contributed by atoms with Crippen molar-refractivity contribution >= 4 is 48.3 Å². The second-order valence-corrected chi connectivity index (χ2v) is 11.2. The number of carbonyl (C=O) groups excluding carboxylic acids is 1. The molecule has 0 radical (unpaired) electrons. The molecule has 1 aliphatic carbocycles. The van der Waals surface area contributed by atoms with E-state index in [2.05, 4.69) is 20.4 Å². The number of sulfone groups is 1. The molecule has 0 bridgehead atoms. The molecule has 0 spiro atoms. The lowest BCUT2D eigenvalue weighted by Gasteiger charge is -2.14. The minimum atomic E-state index is -3.30. The summed E-state index contributed by atoms with van der Waals surface area (Å²) >= 11 is 1.24. The summed E-state index contributed by atoms with van der Waals surface area (Å²) in [5.41, 5.74) is 1.43. The molecule has 3 aromatic rings. The Morgan fingerprint density at radius 1 is 1.12 bits per heavy atom. The van der Waals surface area contributed by atoms with Gasteiger partial charge in [0.15, 0.2) is 20.7 Å². The first-order valence-corrected chi connectivity index (χ1v) is 13.1. The largest absolute Gasteiger partial charge is 0.481 e. The lowest BCUT2D eigenvalue weighted by Crippen LogP contribution is -2.27. The van der Waals surface area contributed by atoms with Crippen molar-refractivity contribution in [2.45, 2.75) is 35.8 Å². The predicted molar refractivity (Wildman–Crippen MR) is 127 cm³/mol. The normalized spacial score (nSPS) is 16.9. The van der Waals surface area contributed by atoms with E-state index in [9.17, 15) is 13.2 Å². The number of methoxy groups -OCH3 is 1. The average molecular weight is 486 g/mol. The monoisotopic (exact) mass is 485 g/mol. The van der Waals surface area contributed by atoms with Gasteiger partial charge >= 0.3 is 0 Å². The topological polar surface area (TPSA) is 114 Å². The van der Waals surface area contributed by atoms with Crippen LogP contribution in [0, 0.1) is 0 Å². The number of nitrogens with one attached hydrogen (secondary N) is 1. The minimum Gasteiger partial charge on any atom is -0.481 e. The zero-order valence-corrected chi connectivity index (χ0v) is 19.7. The quantitative estimate of drug-likeness (QED) is 0.512. The molecule has 1 saturated heterocycles. The van der Waals surface area contributed by atoms with Gasteiger partial charge in [-0.1, -0.05) is 23.5 Å². The highest BCUT2D eigenvalue weighted by atomic mass is 32.2. The number of thiazole rings is 1. The SMILES string of the molecule is COc1ccc2nc(NC(=O)C(=NN3CCCC3)c3ccc(S(=O)(=O)C4CC4)cc3)sc2n1. The molecule has 3 heterocycles. The lowest BCUT2D eigenvalue weighted by molar-refractivity contribution is -0.110. The number of hydrogen-bond donors (Lipinski definition) is 1. The summed E-state index contributed by atoms with van der Waals surface area (Å²) in [6.45, 7) is 1.55. The van der Waals surface area contributed by atoms with Gasteiger partial charge in [-0.2, -0.15) is 5.10 Å². The molecule has 1 aliphatic heterocycles. The minimum absolute atomic E-state index is 0.220. The van der Waals surface area contributed by atoms with Gasteiger partial charge in [-0.3, -0.25) is 15.1 Å². The van der Waals surface area contributed by atoms with Gasteiger partial charge in [-0.25, -0.2) is 18.4 Å². The number of rotatable bonds is 7. The molecule has 1 saturated carbocycles. The number of amides is 1. The summed E-state index contributed by atoms with van der Waals surface area (Å²) in [5.74, 6) is 0.0623. The fraction of sp³-hybridized carbons (Fsp3) is 0.364. The molecule has 1 N–H and O–H groups in total. The van der Waals surface area contributed by atoms with Gasteiger partial charge in [0, 0.05) is 24.7 Å². The second kappa shape index (κ2) is 8.71. The smallest absolute Gasteiger partial charge is 0.278 e. The van der Waals surface area contributed by atoms with E-state index < -0.39 is 15.7 Å². The summed E-state index contributed by atoms with van der Waals surface area (Å²) < 4.78 is 30.2. The summed E-state index contributed by atoms with van der Waals surface area (Å²) in [6, 6.07) is 9.91. The first-order chi connectivity index (χ1) is 15.9. The lowest BCUT2D eigenvalue weighted by atomic mass is 10.1. The molecule has 1 aromatic carbocycles. The van der Waals surface area contributed by atoms with E-state index in [0.717, 1.165) is 25.9 Å². The van der Waals surface area contributed by atoms with E-state index in [-0.39, 0.29) is 15.9 Å². The number of pyridine rings is 1. The third kappa shape index (κ3) is 4.55. The van der Waals surface area contributed by atoms with Crippen LogP contribution in [0.25, 0.3) is 10.3 Å². The van der Waals surface area contributed by atoms with Gasteiger partial charge in [0.05, 0.1) is 17.3 Å². The molecular formula is C22H23N5O4S2. The van der Waals surface area contributed by atoms with Crippen molar-refractivity contribution in [3.05, 3.63) is 42.0 Å². The van der Waals surface area contributed by atoms with Crippen molar-refractivity contribution in [3.8, 4) is 5.88 Å². The van der Waals surface area contributed by atoms with Crippen molar-refractivity contribution in [2.75, 3.05) is 25.5 Å². The van der Waals surface area contributed by atoms with Crippen LogP contribution in [0.5, 0.6) is 5.88 Å². The van der Waals surface area contributed by atoms with Crippen LogP contribution in [0.3, 0.4) is 0 Å². The van der Waals surface area contributed by atoms with Crippen molar-refractivity contribution in [3.63, 3.8) is 0 Å². The molecule has 5 rings (SSSR count). The standard InChI is InChI=1S/C22H23N5O4S2/c1-31-18-11-10-17-21(24-18)32-22(23-17)25-20(28)19(26-27-12-2-3-13-27)14-4-6-15(7-5-14)33(29,30)16-8-9-16/h4-7,10-11,16H,2-3,8-9,12-13H2,1H3,(H,23,25,28). The van der Waals surface area contributed by atoms with Gasteiger partial charge in [-0.05, 0) is 43.9 Å². The van der Waals surface area contributed by atoms with Crippen LogP contribution in [0.15, 0.2) is 46.4 Å². The zero-order valence-electron chi connectivity index (χ0n) is 18.0. The molecule has 0 unspecified atom stereocenters. The first kappa shape index (κ1) is 21.8. The van der Waals surface area contributed by atoms with E-state index in [0.29, 0.717) is 39.8 Å². The van der Waals surface area contributed by atoms with Gasteiger partial charge in [0.1, 0.15) is 10.3 Å². The fourth-order valence-electron chi connectivity index (χ4n) is 3.67. The molecular weight excluding hydrogens is 462 g/mol. The number of aromatic nitrogens is 2. The molecule has 0 atom stereocenters. The van der Waals surface area contributed by atoms with Gasteiger partial charge in [0.25, 0.3) is 5.91 Å². The maximum Gasteiger partial charge on any atom is 0.278 e. The number of anilines is 1. The van der Waals surface area contributed by atoms with E-state index in [1.54, 1.807) is 43.5 Å². The maximum absolute atomic E-state index is 13.2. The Morgan fingerprint density at radius 3 is 2.52 bits per heavy atom. The summed E-state index contributed by atoms with van der Waals surface area (Å²) in [4.78, 5) is 22.9. The number of hydrogen-bond acceptors (Lipinski definition) is 9. The summed E-state index contributed by atoms with van der Waals surface area (Å²) in [6.07, 6.45) is 3.44. The number of nitrogens with zero attached hydrogens (tertiary/aromatic N) is 4. The Kier molecular flexibility index (Phi) is 5.75. The fourth-order valence-corrected chi connectivity index (χ4v) is 6.15. The molecule has 2 aromatic heterocycles. The molecule has 11 heteroatoms. The van der Waals surface area contributed by atoms with Gasteiger partial charge in [-0.15, -0.1) is 0 Å². The van der Waals surface area contributed by atoms with Crippen molar-refractivity contribution in [1.29, 1.82) is 0 Å². The maximum atomic E-state index is 13.2. The molecule has 1 amide bonds. The van der Waals surface area contributed by atoms with Crippen molar-refractivity contribution in [1.82, 2.24) is 15.0 Å². The van der Waals surface area contributed by atoms with Crippen molar-refractivity contribution < 1.29 is 17.9 Å². The Morgan fingerprint density at radius 2 is 1.85 bits per heavy atom. The molecule has 172 valence electrons. The summed E-state index contributed by atoms with van der Waals surface area (Å²) in [7, 11) is -1.75. The number of fused-ring (bicyclic) bond motifs is 1. The van der Waals surface area contributed by atoms with Crippen LogP contribution in [-0.2, 0) is 14.6 Å². The van der Waals surface area contributed by atoms with Crippen LogP contribution < -0.4 is 10.1 Å². The molecule has 33 heavy (non-hydrogen) atoms. The molecule has 9 nitrogen and oxygen atoms in total. The highest BCUT2D eigenvalue weighted by molar-refractivity contribution is 7.92. The van der Waals surface area contributed by atoms with E-state index >= 15 is 0 Å². The number of ether oxygens (including phenoxy) is 1. The van der Waals surface area contributed by atoms with Crippen LogP contribution in [0.2, 0.25) is 0 Å². The predicted octanol–water partition coefficient (Wildman–Crippen LogP) is 3.07. The molecule has 2 fully saturated rings. The Balaban J connectivity index is 1.43. The Labute approximate surface area is 195 Å². The van der Waals surface area contributed by atoms with Crippen LogP contribution in [0.4, 0.5) is 5.13 Å². The highest BCUT2D eigenvalue weighted by Crippen LogP contribution is 2.33. The van der Waals surface area contributed by atoms with E-state index in [1.807, 2.05) is 5.01 Å². The highest BCUT2D eigenvalue weighted by Gasteiger charge is 2.36. The van der Waals surface area contributed by atoms with Crippen LogP contribution >= 0.6 is 11.3 Å². The Hall–Kier alpha value is -3.05. The van der Waals surface area contributed by atoms with Gasteiger partial charge < -0.3 is 4.74 Å². The Bertz CT molecular complexity index is 1320. The summed E-state index contributed by atoms with van der Waals surface area (Å²) in [5, 5.41) is 9.41. The zero-order chi connectivity index (χ0) is 23.0. The number of carbonyl (C=O) groups is 1. The average Bonchev–Trinajstić information content (AvgIpc) is 3.42. The van der Waals surface area contributed by atoms with Gasteiger partial charge in [0.2, 0.25) is 5.88 Å².